The first-order chi connectivity index (χ1) is 11.1. The molecule has 0 unspecified atom stereocenters. The van der Waals surface area contributed by atoms with Gasteiger partial charge in [-0.2, -0.15) is 0 Å². The number of imide groups is 1. The molecular formula is C15H17N3O4S. The molecule has 1 aliphatic heterocycles. The third-order valence-corrected chi connectivity index (χ3v) is 3.90. The first-order valence-electron chi connectivity index (χ1n) is 6.92. The van der Waals surface area contributed by atoms with E-state index >= 15 is 0 Å². The Morgan fingerprint density at radius 2 is 2.26 bits per heavy atom. The van der Waals surface area contributed by atoms with Crippen LogP contribution in [0.3, 0.4) is 0 Å². The van der Waals surface area contributed by atoms with E-state index in [1.54, 1.807) is 13.2 Å². The van der Waals surface area contributed by atoms with E-state index in [1.165, 1.54) is 6.20 Å². The lowest BCUT2D eigenvalue weighted by Crippen LogP contribution is -2.40. The van der Waals surface area contributed by atoms with Crippen molar-refractivity contribution in [1.29, 1.82) is 0 Å². The smallest absolute Gasteiger partial charge is 0.318 e. The molecule has 122 valence electrons. The van der Waals surface area contributed by atoms with Gasteiger partial charge in [-0.05, 0) is 23.8 Å². The minimum Gasteiger partial charge on any atom is -0.497 e. The number of carbonyl (C=O) groups is 3. The second-order valence-corrected chi connectivity index (χ2v) is 5.54. The van der Waals surface area contributed by atoms with Crippen LogP contribution < -0.4 is 15.4 Å². The van der Waals surface area contributed by atoms with Crippen LogP contribution in [0.1, 0.15) is 5.56 Å². The van der Waals surface area contributed by atoms with Crippen molar-refractivity contribution in [3.8, 4) is 5.75 Å². The Morgan fingerprint density at radius 3 is 2.96 bits per heavy atom. The average molecular weight is 335 g/mol. The third-order valence-electron chi connectivity index (χ3n) is 3.05. The van der Waals surface area contributed by atoms with Gasteiger partial charge >= 0.3 is 6.03 Å². The predicted molar refractivity (Wildman–Crippen MR) is 88.1 cm³/mol. The Bertz CT molecular complexity index is 617. The molecule has 0 spiro atoms. The molecule has 2 N–H and O–H groups in total. The molecule has 8 heteroatoms. The van der Waals surface area contributed by atoms with E-state index in [0.717, 1.165) is 28.0 Å². The molecule has 1 aromatic carbocycles. The number of nitrogens with zero attached hydrogens (tertiary/aromatic N) is 1. The van der Waals surface area contributed by atoms with Gasteiger partial charge in [0.1, 0.15) is 5.75 Å². The van der Waals surface area contributed by atoms with E-state index in [9.17, 15) is 14.4 Å². The lowest BCUT2D eigenvalue weighted by Gasteiger charge is -2.12. The first kappa shape index (κ1) is 16.9. The number of benzene rings is 1. The fourth-order valence-corrected chi connectivity index (χ4v) is 2.64. The van der Waals surface area contributed by atoms with Crippen LogP contribution in [-0.2, 0) is 4.79 Å². The fraction of sp³-hybridized carbons (Fsp3) is 0.267. The summed E-state index contributed by atoms with van der Waals surface area (Å²) in [5, 5.41) is 4.86. The minimum atomic E-state index is -0.407. The molecule has 0 saturated carbocycles. The molecule has 4 amide bonds. The van der Waals surface area contributed by atoms with Crippen molar-refractivity contribution < 1.29 is 19.1 Å². The van der Waals surface area contributed by atoms with Gasteiger partial charge in [0.25, 0.3) is 5.24 Å². The van der Waals surface area contributed by atoms with Crippen LogP contribution in [0.4, 0.5) is 9.59 Å². The molecule has 1 fully saturated rings. The molecule has 0 radical (unpaired) electrons. The highest BCUT2D eigenvalue weighted by Gasteiger charge is 2.29. The standard InChI is InChI=1S/C15H17N3O4S/c1-22-12-4-2-3-11(9-12)5-6-16-14(20)17-7-8-18-13(19)10-23-15(18)21/h2-6,9H,7-8,10H2,1H3,(H2,16,17,20)/b6-5+. The molecular weight excluding hydrogens is 318 g/mol. The van der Waals surface area contributed by atoms with Gasteiger partial charge in [0, 0.05) is 19.3 Å². The third kappa shape index (κ3) is 5.03. The van der Waals surface area contributed by atoms with E-state index in [-0.39, 0.29) is 30.0 Å². The Kier molecular flexibility index (Phi) is 6.04. The summed E-state index contributed by atoms with van der Waals surface area (Å²) in [6.45, 7) is 0.383. The summed E-state index contributed by atoms with van der Waals surface area (Å²) in [5.41, 5.74) is 0.884. The first-order valence-corrected chi connectivity index (χ1v) is 7.91. The van der Waals surface area contributed by atoms with Crippen LogP contribution in [0.2, 0.25) is 0 Å². The van der Waals surface area contributed by atoms with Crippen LogP contribution in [0.15, 0.2) is 30.5 Å². The number of hydrogen-bond acceptors (Lipinski definition) is 5. The van der Waals surface area contributed by atoms with Crippen LogP contribution in [0.25, 0.3) is 6.08 Å². The molecule has 1 aliphatic rings. The number of amides is 4. The van der Waals surface area contributed by atoms with E-state index < -0.39 is 6.03 Å². The zero-order valence-electron chi connectivity index (χ0n) is 12.6. The summed E-state index contributed by atoms with van der Waals surface area (Å²) in [5.74, 6) is 0.684. The van der Waals surface area contributed by atoms with Gasteiger partial charge in [-0.25, -0.2) is 4.79 Å². The molecule has 1 aromatic rings. The van der Waals surface area contributed by atoms with Crippen LogP contribution in [0.5, 0.6) is 5.75 Å². The van der Waals surface area contributed by atoms with E-state index in [4.69, 9.17) is 4.74 Å². The normalized spacial score (nSPS) is 14.4. The maximum Gasteiger partial charge on any atom is 0.318 e. The number of urea groups is 1. The number of nitrogens with one attached hydrogen (secondary N) is 2. The monoisotopic (exact) mass is 335 g/mol. The van der Waals surface area contributed by atoms with Crippen molar-refractivity contribution in [2.24, 2.45) is 0 Å². The van der Waals surface area contributed by atoms with Crippen LogP contribution >= 0.6 is 11.8 Å². The highest BCUT2D eigenvalue weighted by molar-refractivity contribution is 8.14. The number of methoxy groups -OCH3 is 1. The fourth-order valence-electron chi connectivity index (χ4n) is 1.89. The van der Waals surface area contributed by atoms with E-state index in [1.807, 2.05) is 24.3 Å². The number of carbonyl (C=O) groups excluding carboxylic acids is 3. The zero-order chi connectivity index (χ0) is 16.7. The maximum absolute atomic E-state index is 11.6. The lowest BCUT2D eigenvalue weighted by atomic mass is 10.2. The van der Waals surface area contributed by atoms with Crippen molar-refractivity contribution in [2.75, 3.05) is 26.0 Å². The number of hydrogen-bond donors (Lipinski definition) is 2. The number of rotatable bonds is 6. The quantitative estimate of drug-likeness (QED) is 0.825. The maximum atomic E-state index is 11.6. The van der Waals surface area contributed by atoms with Crippen molar-refractivity contribution in [3.63, 3.8) is 0 Å². The molecule has 23 heavy (non-hydrogen) atoms. The Labute approximate surface area is 138 Å². The van der Waals surface area contributed by atoms with Crippen molar-refractivity contribution >= 4 is 35.0 Å². The van der Waals surface area contributed by atoms with Gasteiger partial charge < -0.3 is 15.4 Å². The highest BCUT2D eigenvalue weighted by Crippen LogP contribution is 2.17. The zero-order valence-corrected chi connectivity index (χ0v) is 13.4. The van der Waals surface area contributed by atoms with Crippen molar-refractivity contribution in [1.82, 2.24) is 15.5 Å². The summed E-state index contributed by atoms with van der Waals surface area (Å²) in [4.78, 5) is 35.5. The van der Waals surface area contributed by atoms with E-state index in [2.05, 4.69) is 10.6 Å². The summed E-state index contributed by atoms with van der Waals surface area (Å²) < 4.78 is 5.11. The summed E-state index contributed by atoms with van der Waals surface area (Å²) in [7, 11) is 1.59. The van der Waals surface area contributed by atoms with Gasteiger partial charge in [-0.15, -0.1) is 0 Å². The van der Waals surface area contributed by atoms with Gasteiger partial charge in [0.2, 0.25) is 5.91 Å². The van der Waals surface area contributed by atoms with Crippen molar-refractivity contribution in [2.45, 2.75) is 0 Å². The van der Waals surface area contributed by atoms with Gasteiger partial charge in [0.15, 0.2) is 0 Å². The molecule has 0 aliphatic carbocycles. The topological polar surface area (TPSA) is 87.7 Å². The predicted octanol–water partition coefficient (Wildman–Crippen LogP) is 1.66. The summed E-state index contributed by atoms with van der Waals surface area (Å²) in [6, 6.07) is 6.98. The van der Waals surface area contributed by atoms with Crippen LogP contribution in [0, 0.1) is 0 Å². The van der Waals surface area contributed by atoms with Gasteiger partial charge in [-0.3, -0.25) is 14.5 Å². The molecule has 1 saturated heterocycles. The molecule has 0 bridgehead atoms. The van der Waals surface area contributed by atoms with Gasteiger partial charge in [0.05, 0.1) is 12.9 Å². The van der Waals surface area contributed by atoms with Gasteiger partial charge in [-0.1, -0.05) is 23.9 Å². The molecule has 0 aromatic heterocycles. The Balaban J connectivity index is 1.71. The average Bonchev–Trinajstić information content (AvgIpc) is 2.87. The largest absolute Gasteiger partial charge is 0.497 e. The molecule has 7 nitrogen and oxygen atoms in total. The number of thioether (sulfide) groups is 1. The SMILES string of the molecule is COc1cccc(/C=C/NC(=O)NCCN2C(=O)CSC2=O)c1. The van der Waals surface area contributed by atoms with Crippen LogP contribution in [-0.4, -0.2) is 48.0 Å². The minimum absolute atomic E-state index is 0.175. The summed E-state index contributed by atoms with van der Waals surface area (Å²) >= 11 is 0.974. The number of ether oxygens (including phenoxy) is 1. The Morgan fingerprint density at radius 1 is 1.43 bits per heavy atom. The Hall–Kier alpha value is -2.48. The second kappa shape index (κ2) is 8.23. The second-order valence-electron chi connectivity index (χ2n) is 4.61. The molecule has 0 atom stereocenters. The highest BCUT2D eigenvalue weighted by atomic mass is 32.2. The lowest BCUT2D eigenvalue weighted by molar-refractivity contribution is -0.124. The molecule has 1 heterocycles. The van der Waals surface area contributed by atoms with E-state index in [0.29, 0.717) is 0 Å². The molecule has 2 rings (SSSR count). The summed E-state index contributed by atoms with van der Waals surface area (Å²) in [6.07, 6.45) is 3.23. The van der Waals surface area contributed by atoms with Crippen molar-refractivity contribution in [3.05, 3.63) is 36.0 Å².